The fraction of sp³-hybridized carbons (Fsp3) is 0.211. The molecule has 0 spiro atoms. The molecule has 2 aromatic carbocycles. The Balaban J connectivity index is 1.51. The molecule has 2 aromatic rings. The summed E-state index contributed by atoms with van der Waals surface area (Å²) >= 11 is 0. The van der Waals surface area contributed by atoms with Crippen LogP contribution in [0.4, 0.5) is 5.69 Å². The summed E-state index contributed by atoms with van der Waals surface area (Å²) in [5.41, 5.74) is 1.74. The van der Waals surface area contributed by atoms with Gasteiger partial charge in [-0.3, -0.25) is 19.3 Å². The van der Waals surface area contributed by atoms with E-state index >= 15 is 0 Å². The lowest BCUT2D eigenvalue weighted by Gasteiger charge is -2.15. The smallest absolute Gasteiger partial charge is 0.326 e. The highest BCUT2D eigenvalue weighted by atomic mass is 16.6. The summed E-state index contributed by atoms with van der Waals surface area (Å²) < 4.78 is 10.6. The molecule has 0 aliphatic carbocycles. The third kappa shape index (κ3) is 3.52. The molecule has 128 valence electrons. The third-order valence-corrected chi connectivity index (χ3v) is 3.86. The Kier molecular flexibility index (Phi) is 4.79. The van der Waals surface area contributed by atoms with Gasteiger partial charge >= 0.3 is 5.97 Å². The van der Waals surface area contributed by atoms with E-state index in [9.17, 15) is 14.4 Å². The summed E-state index contributed by atoms with van der Waals surface area (Å²) in [6.45, 7) is 1.89. The standard InChI is InChI=1S/C19H17NO5/c1-13-6-2-5-9-16(13)24-10-11-25-17(21)12-20-15-8-4-3-7-14(15)18(22)19(20)23/h2-9H,10-12H2,1H3. The number of ether oxygens (including phenoxy) is 2. The van der Waals surface area contributed by atoms with Crippen LogP contribution in [-0.2, 0) is 14.3 Å². The Morgan fingerprint density at radius 2 is 1.72 bits per heavy atom. The summed E-state index contributed by atoms with van der Waals surface area (Å²) in [6, 6.07) is 14.1. The van der Waals surface area contributed by atoms with Crippen molar-refractivity contribution in [3.8, 4) is 5.75 Å². The molecule has 3 rings (SSSR count). The number of rotatable bonds is 6. The van der Waals surface area contributed by atoms with Gasteiger partial charge in [0, 0.05) is 0 Å². The van der Waals surface area contributed by atoms with Gasteiger partial charge in [0.05, 0.1) is 11.3 Å². The highest BCUT2D eigenvalue weighted by molar-refractivity contribution is 6.52. The van der Waals surface area contributed by atoms with Crippen LogP contribution in [0.5, 0.6) is 5.75 Å². The lowest BCUT2D eigenvalue weighted by Crippen LogP contribution is -2.35. The van der Waals surface area contributed by atoms with E-state index in [-0.39, 0.29) is 19.8 Å². The van der Waals surface area contributed by atoms with Gasteiger partial charge in [0.1, 0.15) is 25.5 Å². The number of para-hydroxylation sites is 2. The van der Waals surface area contributed by atoms with Gasteiger partial charge in [0.25, 0.3) is 11.7 Å². The number of hydrogen-bond acceptors (Lipinski definition) is 5. The molecule has 0 fully saturated rings. The predicted octanol–water partition coefficient (Wildman–Crippen LogP) is 2.15. The largest absolute Gasteiger partial charge is 0.490 e. The van der Waals surface area contributed by atoms with Crippen LogP contribution in [0, 0.1) is 6.92 Å². The van der Waals surface area contributed by atoms with Gasteiger partial charge in [-0.25, -0.2) is 0 Å². The number of carbonyl (C=O) groups excluding carboxylic acids is 3. The number of aryl methyl sites for hydroxylation is 1. The Morgan fingerprint density at radius 1 is 1.00 bits per heavy atom. The summed E-state index contributed by atoms with van der Waals surface area (Å²) in [5, 5.41) is 0. The molecule has 6 heteroatoms. The minimum atomic E-state index is -0.714. The first-order valence-electron chi connectivity index (χ1n) is 7.87. The second-order valence-electron chi connectivity index (χ2n) is 5.57. The van der Waals surface area contributed by atoms with Crippen LogP contribution >= 0.6 is 0 Å². The van der Waals surface area contributed by atoms with Crippen LogP contribution in [0.15, 0.2) is 48.5 Å². The van der Waals surface area contributed by atoms with Crippen LogP contribution in [0.3, 0.4) is 0 Å². The fourth-order valence-electron chi connectivity index (χ4n) is 2.61. The number of anilines is 1. The maximum atomic E-state index is 12.0. The average molecular weight is 339 g/mol. The van der Waals surface area contributed by atoms with E-state index in [1.807, 2.05) is 31.2 Å². The van der Waals surface area contributed by atoms with E-state index in [0.29, 0.717) is 11.3 Å². The molecular formula is C19H17NO5. The molecule has 25 heavy (non-hydrogen) atoms. The van der Waals surface area contributed by atoms with Crippen molar-refractivity contribution >= 4 is 23.3 Å². The van der Waals surface area contributed by atoms with Gasteiger partial charge in [-0.15, -0.1) is 0 Å². The minimum absolute atomic E-state index is 0.0603. The third-order valence-electron chi connectivity index (χ3n) is 3.86. The Hall–Kier alpha value is -3.15. The number of carbonyl (C=O) groups is 3. The summed E-state index contributed by atoms with van der Waals surface area (Å²) in [5.74, 6) is -1.18. The first-order chi connectivity index (χ1) is 12.1. The fourth-order valence-corrected chi connectivity index (χ4v) is 2.61. The average Bonchev–Trinajstić information content (AvgIpc) is 2.85. The van der Waals surface area contributed by atoms with Crippen molar-refractivity contribution in [2.75, 3.05) is 24.7 Å². The Morgan fingerprint density at radius 3 is 2.52 bits per heavy atom. The molecule has 1 amide bonds. The summed E-state index contributed by atoms with van der Waals surface area (Å²) in [6.07, 6.45) is 0. The normalized spacial score (nSPS) is 12.9. The van der Waals surface area contributed by atoms with Gasteiger partial charge in [-0.1, -0.05) is 30.3 Å². The molecule has 0 radical (unpaired) electrons. The van der Waals surface area contributed by atoms with Crippen molar-refractivity contribution in [2.45, 2.75) is 6.92 Å². The zero-order chi connectivity index (χ0) is 17.8. The molecule has 0 aromatic heterocycles. The van der Waals surface area contributed by atoms with E-state index in [1.165, 1.54) is 0 Å². The van der Waals surface area contributed by atoms with Crippen LogP contribution in [0.1, 0.15) is 15.9 Å². The van der Waals surface area contributed by atoms with Crippen molar-refractivity contribution in [1.29, 1.82) is 0 Å². The zero-order valence-corrected chi connectivity index (χ0v) is 13.7. The number of amides is 1. The zero-order valence-electron chi connectivity index (χ0n) is 13.7. The Bertz CT molecular complexity index is 830. The Labute approximate surface area is 145 Å². The number of nitrogens with zero attached hydrogens (tertiary/aromatic N) is 1. The van der Waals surface area contributed by atoms with Crippen LogP contribution < -0.4 is 9.64 Å². The second-order valence-corrected chi connectivity index (χ2v) is 5.57. The van der Waals surface area contributed by atoms with Crippen molar-refractivity contribution in [3.05, 3.63) is 59.7 Å². The van der Waals surface area contributed by atoms with Gasteiger partial charge in [-0.05, 0) is 30.7 Å². The molecule has 6 nitrogen and oxygen atoms in total. The van der Waals surface area contributed by atoms with Crippen molar-refractivity contribution < 1.29 is 23.9 Å². The molecule has 0 unspecified atom stereocenters. The maximum Gasteiger partial charge on any atom is 0.326 e. The molecule has 1 heterocycles. The first-order valence-corrected chi connectivity index (χ1v) is 7.87. The van der Waals surface area contributed by atoms with Crippen LogP contribution in [-0.4, -0.2) is 37.4 Å². The molecule has 1 aliphatic rings. The summed E-state index contributed by atoms with van der Waals surface area (Å²) in [7, 11) is 0. The van der Waals surface area contributed by atoms with E-state index in [0.717, 1.165) is 16.2 Å². The van der Waals surface area contributed by atoms with Crippen LogP contribution in [0.2, 0.25) is 0 Å². The maximum absolute atomic E-state index is 12.0. The van der Waals surface area contributed by atoms with E-state index < -0.39 is 17.7 Å². The van der Waals surface area contributed by atoms with E-state index in [1.54, 1.807) is 24.3 Å². The van der Waals surface area contributed by atoms with Crippen molar-refractivity contribution in [3.63, 3.8) is 0 Å². The lowest BCUT2D eigenvalue weighted by molar-refractivity contribution is -0.143. The van der Waals surface area contributed by atoms with Gasteiger partial charge in [0.2, 0.25) is 0 Å². The number of benzene rings is 2. The number of ketones is 1. The highest BCUT2D eigenvalue weighted by Crippen LogP contribution is 2.28. The highest BCUT2D eigenvalue weighted by Gasteiger charge is 2.36. The second kappa shape index (κ2) is 7.17. The monoisotopic (exact) mass is 339 g/mol. The number of hydrogen-bond donors (Lipinski definition) is 0. The van der Waals surface area contributed by atoms with Crippen LogP contribution in [0.25, 0.3) is 0 Å². The molecule has 0 saturated carbocycles. The molecule has 0 atom stereocenters. The molecular weight excluding hydrogens is 322 g/mol. The number of esters is 1. The van der Waals surface area contributed by atoms with Crippen molar-refractivity contribution in [2.24, 2.45) is 0 Å². The quantitative estimate of drug-likeness (QED) is 0.458. The summed E-state index contributed by atoms with van der Waals surface area (Å²) in [4.78, 5) is 37.0. The van der Waals surface area contributed by atoms with Gasteiger partial charge in [-0.2, -0.15) is 0 Å². The van der Waals surface area contributed by atoms with Crippen molar-refractivity contribution in [1.82, 2.24) is 0 Å². The topological polar surface area (TPSA) is 72.9 Å². The lowest BCUT2D eigenvalue weighted by atomic mass is 10.1. The number of Topliss-reactive ketones (excluding diaryl/α,β-unsaturated/α-hetero) is 1. The van der Waals surface area contributed by atoms with E-state index in [4.69, 9.17) is 9.47 Å². The molecule has 1 aliphatic heterocycles. The van der Waals surface area contributed by atoms with Gasteiger partial charge < -0.3 is 9.47 Å². The first kappa shape index (κ1) is 16.7. The molecule has 0 bridgehead atoms. The SMILES string of the molecule is Cc1ccccc1OCCOC(=O)CN1C(=O)C(=O)c2ccccc21. The minimum Gasteiger partial charge on any atom is -0.490 e. The molecule has 0 saturated heterocycles. The van der Waals surface area contributed by atoms with E-state index in [2.05, 4.69) is 0 Å². The predicted molar refractivity (Wildman–Crippen MR) is 90.8 cm³/mol. The molecule has 0 N–H and O–H groups in total. The van der Waals surface area contributed by atoms with Gasteiger partial charge in [0.15, 0.2) is 0 Å². The number of fused-ring (bicyclic) bond motifs is 1.